The first-order chi connectivity index (χ1) is 33.9. The number of hydrogen-bond acceptors (Lipinski definition) is 12. The fourth-order valence-electron chi connectivity index (χ4n) is 9.32. The zero-order chi connectivity index (χ0) is 51.1. The van der Waals surface area contributed by atoms with Crippen molar-refractivity contribution in [3.8, 4) is 11.5 Å². The average Bonchev–Trinajstić information content (AvgIpc) is 3.95. The number of aromatic nitrogens is 3. The Bertz CT molecular complexity index is 2440. The summed E-state index contributed by atoms with van der Waals surface area (Å²) in [5.74, 6) is -2.73. The summed E-state index contributed by atoms with van der Waals surface area (Å²) < 4.78 is 24.8. The summed E-state index contributed by atoms with van der Waals surface area (Å²) in [6.07, 6.45) is 3.42. The normalized spacial score (nSPS) is 17.7. The second-order valence-corrected chi connectivity index (χ2v) is 20.6. The number of quaternary nitrogens is 1. The number of carbonyl (C=O) groups excluding carboxylic acids is 6. The van der Waals surface area contributed by atoms with E-state index in [1.807, 2.05) is 100 Å². The molecule has 3 aromatic carbocycles. The number of benzene rings is 3. The zero-order valence-electron chi connectivity index (χ0n) is 42.9. The van der Waals surface area contributed by atoms with Crippen LogP contribution >= 0.6 is 0 Å². The maximum atomic E-state index is 14.7. The molecule has 2 N–H and O–H groups in total. The fraction of sp³-hybridized carbons (Fsp3) is 0.527. The van der Waals surface area contributed by atoms with Gasteiger partial charge < -0.3 is 46.5 Å². The van der Waals surface area contributed by atoms with Crippen LogP contribution in [0.5, 0.6) is 11.5 Å². The Morgan fingerprint density at radius 1 is 0.792 bits per heavy atom. The number of Topliss-reactive ketones (excluding diaryl/α,β-unsaturated/α-hetero) is 3. The number of halogens is 1. The van der Waals surface area contributed by atoms with Gasteiger partial charge in [0.25, 0.3) is 0 Å². The first-order valence-electron chi connectivity index (χ1n) is 25.0. The number of aryl methyl sites for hydroxylation is 2. The average molecular weight is 1010 g/mol. The highest BCUT2D eigenvalue weighted by Crippen LogP contribution is 2.33. The molecule has 4 aromatic rings. The van der Waals surface area contributed by atoms with Crippen molar-refractivity contribution in [2.24, 2.45) is 30.7 Å². The van der Waals surface area contributed by atoms with Gasteiger partial charge in [-0.3, -0.25) is 33.4 Å². The Labute approximate surface area is 430 Å². The lowest BCUT2D eigenvalue weighted by Crippen LogP contribution is -3.00. The highest BCUT2D eigenvalue weighted by molar-refractivity contribution is 5.98. The van der Waals surface area contributed by atoms with Crippen LogP contribution in [-0.4, -0.2) is 112 Å². The monoisotopic (exact) mass is 1010 g/mol. The van der Waals surface area contributed by atoms with Crippen molar-refractivity contribution in [2.45, 2.75) is 117 Å². The third-order valence-corrected chi connectivity index (χ3v) is 13.2. The van der Waals surface area contributed by atoms with Crippen LogP contribution in [-0.2, 0) is 71.3 Å². The summed E-state index contributed by atoms with van der Waals surface area (Å²) in [5, 5.41) is 14.2. The number of rotatable bonds is 28. The quantitative estimate of drug-likeness (QED) is 0.0366. The number of carbonyl (C=O) groups is 6. The molecule has 2 saturated heterocycles. The van der Waals surface area contributed by atoms with Crippen molar-refractivity contribution in [3.05, 3.63) is 107 Å². The number of amides is 2. The Hall–Kier alpha value is -5.81. The largest absolute Gasteiger partial charge is 1.00 e. The minimum absolute atomic E-state index is 0. The summed E-state index contributed by atoms with van der Waals surface area (Å²) in [6.45, 7) is 13.9. The fourth-order valence-corrected chi connectivity index (χ4v) is 9.32. The molecule has 0 aliphatic carbocycles. The lowest BCUT2D eigenvalue weighted by molar-refractivity contribution is -0.940. The van der Waals surface area contributed by atoms with Crippen molar-refractivity contribution >= 4 is 35.1 Å². The van der Waals surface area contributed by atoms with E-state index in [9.17, 15) is 28.8 Å². The maximum absolute atomic E-state index is 14.7. The minimum Gasteiger partial charge on any atom is -1.00 e. The number of hydrogen-bond donors (Lipinski definition) is 2. The summed E-state index contributed by atoms with van der Waals surface area (Å²) in [5.41, 5.74) is 2.39. The predicted molar refractivity (Wildman–Crippen MR) is 266 cm³/mol. The van der Waals surface area contributed by atoms with Gasteiger partial charge in [-0.25, -0.2) is 0 Å². The Kier molecular flexibility index (Phi) is 21.2. The third-order valence-electron chi connectivity index (χ3n) is 13.2. The van der Waals surface area contributed by atoms with Gasteiger partial charge in [-0.15, -0.1) is 5.10 Å². The minimum atomic E-state index is -0.939. The van der Waals surface area contributed by atoms with Crippen molar-refractivity contribution < 1.29 is 64.6 Å². The number of ketones is 3. The summed E-state index contributed by atoms with van der Waals surface area (Å²) in [4.78, 5) is 83.7. The number of morpholine rings is 1. The Morgan fingerprint density at radius 2 is 1.40 bits per heavy atom. The van der Waals surface area contributed by atoms with Crippen molar-refractivity contribution in [1.29, 1.82) is 0 Å². The van der Waals surface area contributed by atoms with Gasteiger partial charge in [-0.1, -0.05) is 93.6 Å². The highest BCUT2D eigenvalue weighted by Gasteiger charge is 2.50. The molecule has 0 saturated carbocycles. The molecule has 16 nitrogen and oxygen atoms in total. The molecule has 0 spiro atoms. The molecule has 2 amide bonds. The lowest BCUT2D eigenvalue weighted by Gasteiger charge is -2.41. The molecule has 3 heterocycles. The SMILES string of the molecule is CC(=O)Oc1ccc(C[N+]2(CC(=O)C[C@@H](CCc3ccccc3)C(=O)NC(CC(C)C)C(=O)C[C@@H](Cc3ccccc3)C(=O)NC(CC(C)C)C(=O)[C@@]3(C)CO3)CCOCC2)cc1OCc1cn(C)nn1.[Cl-]. The predicted octanol–water partition coefficient (Wildman–Crippen LogP) is 3.12. The van der Waals surface area contributed by atoms with Gasteiger partial charge in [-0.05, 0) is 80.2 Å². The van der Waals surface area contributed by atoms with Gasteiger partial charge in [0.1, 0.15) is 44.1 Å². The molecule has 390 valence electrons. The second kappa shape index (κ2) is 26.8. The van der Waals surface area contributed by atoms with Crippen molar-refractivity contribution in [1.82, 2.24) is 25.6 Å². The van der Waals surface area contributed by atoms with E-state index < -0.39 is 47.3 Å². The topological polar surface area (TPSA) is 197 Å². The molecular weight excluding hydrogens is 940 g/mol. The number of nitrogens with one attached hydrogen (secondary N) is 2. The van der Waals surface area contributed by atoms with Gasteiger partial charge in [0, 0.05) is 44.2 Å². The molecule has 72 heavy (non-hydrogen) atoms. The standard InChI is InChI=1S/C55H72N6O10.ClH/c1-37(2)26-47(49(64)31-44(28-41-16-12-9-13-17-41)54(67)57-48(27-38(3)4)52(65)55(6)36-70-55)56-53(66)43(20-18-40-14-10-8-11-15-40)30-46(63)34-61(22-24-68-25-23-61)33-42-19-21-50(71-39(5)62)51(29-42)69-35-45-32-60(7)59-58-45;/h8-17,19,21,29,32,37-38,43-44,47-48H,18,20,22-28,30-31,33-36H2,1-7H3,(H-,56,57,66,67);1H/t43-,44-,47?,48?,55-;/m1./s1. The molecule has 2 aliphatic heterocycles. The third kappa shape index (κ3) is 17.5. The molecule has 0 radical (unpaired) electrons. The molecule has 2 unspecified atom stereocenters. The van der Waals surface area contributed by atoms with Crippen molar-refractivity contribution in [2.75, 3.05) is 39.5 Å². The smallest absolute Gasteiger partial charge is 0.308 e. The highest BCUT2D eigenvalue weighted by atomic mass is 35.5. The first kappa shape index (κ1) is 57.1. The van der Waals surface area contributed by atoms with Crippen LogP contribution in [0.4, 0.5) is 0 Å². The van der Waals surface area contributed by atoms with Gasteiger partial charge in [0.15, 0.2) is 28.8 Å². The van der Waals surface area contributed by atoms with Gasteiger partial charge >= 0.3 is 5.97 Å². The number of epoxide rings is 1. The Morgan fingerprint density at radius 3 is 2.00 bits per heavy atom. The molecule has 2 aliphatic rings. The van der Waals surface area contributed by atoms with E-state index in [-0.39, 0.29) is 79.8 Å². The van der Waals surface area contributed by atoms with E-state index >= 15 is 0 Å². The zero-order valence-corrected chi connectivity index (χ0v) is 43.7. The Balaban J connectivity index is 0.00000963. The molecule has 17 heteroatoms. The van der Waals surface area contributed by atoms with E-state index in [4.69, 9.17) is 18.9 Å². The maximum Gasteiger partial charge on any atom is 0.308 e. The molecule has 5 atom stereocenters. The van der Waals surface area contributed by atoms with Gasteiger partial charge in [-0.2, -0.15) is 0 Å². The first-order valence-corrected chi connectivity index (χ1v) is 25.0. The van der Waals surface area contributed by atoms with Crippen LogP contribution in [0.25, 0.3) is 0 Å². The van der Waals surface area contributed by atoms with Crippen LogP contribution in [0.3, 0.4) is 0 Å². The molecule has 1 aromatic heterocycles. The van der Waals surface area contributed by atoms with E-state index in [1.165, 1.54) is 6.92 Å². The second-order valence-electron chi connectivity index (χ2n) is 20.6. The summed E-state index contributed by atoms with van der Waals surface area (Å²) in [7, 11) is 1.76. The van der Waals surface area contributed by atoms with Crippen LogP contribution in [0.15, 0.2) is 85.1 Å². The number of nitrogens with zero attached hydrogens (tertiary/aromatic N) is 4. The van der Waals surface area contributed by atoms with Crippen LogP contribution in [0.1, 0.15) is 96.0 Å². The van der Waals surface area contributed by atoms with Crippen LogP contribution < -0.4 is 32.5 Å². The van der Waals surface area contributed by atoms with Gasteiger partial charge in [0.05, 0.1) is 38.1 Å². The number of ether oxygens (including phenoxy) is 4. The summed E-state index contributed by atoms with van der Waals surface area (Å²) >= 11 is 0. The van der Waals surface area contributed by atoms with E-state index in [2.05, 4.69) is 20.9 Å². The van der Waals surface area contributed by atoms with Crippen LogP contribution in [0.2, 0.25) is 0 Å². The summed E-state index contributed by atoms with van der Waals surface area (Å²) in [6, 6.07) is 22.9. The lowest BCUT2D eigenvalue weighted by atomic mass is 9.87. The van der Waals surface area contributed by atoms with Crippen LogP contribution in [0, 0.1) is 23.7 Å². The molecule has 0 bridgehead atoms. The van der Waals surface area contributed by atoms with Gasteiger partial charge in [0.2, 0.25) is 11.8 Å². The van der Waals surface area contributed by atoms with E-state index in [0.717, 1.165) is 16.7 Å². The number of esters is 1. The molecular formula is C55H73ClN6O10. The molecule has 6 rings (SSSR count). The van der Waals surface area contributed by atoms with E-state index in [0.29, 0.717) is 81.1 Å². The van der Waals surface area contributed by atoms with E-state index in [1.54, 1.807) is 30.9 Å². The molecule has 2 fully saturated rings. The van der Waals surface area contributed by atoms with Crippen molar-refractivity contribution in [3.63, 3.8) is 0 Å².